The SMILES string of the molecule is COc1ccc(C(=O)NCc2nc3ccccc3c(=O)n2C)cc1OC. The van der Waals surface area contributed by atoms with Gasteiger partial charge in [-0.25, -0.2) is 4.98 Å². The second-order valence-corrected chi connectivity index (χ2v) is 5.66. The minimum absolute atomic E-state index is 0.129. The van der Waals surface area contributed by atoms with Gasteiger partial charge in [0.05, 0.1) is 31.7 Å². The van der Waals surface area contributed by atoms with Crippen molar-refractivity contribution in [2.45, 2.75) is 6.54 Å². The van der Waals surface area contributed by atoms with Gasteiger partial charge in [-0.15, -0.1) is 0 Å². The lowest BCUT2D eigenvalue weighted by Crippen LogP contribution is -2.29. The first-order valence-corrected chi connectivity index (χ1v) is 8.00. The summed E-state index contributed by atoms with van der Waals surface area (Å²) >= 11 is 0. The Morgan fingerprint density at radius 2 is 1.85 bits per heavy atom. The fourth-order valence-corrected chi connectivity index (χ4v) is 2.66. The van der Waals surface area contributed by atoms with Gasteiger partial charge < -0.3 is 14.8 Å². The molecule has 0 radical (unpaired) electrons. The number of nitrogens with one attached hydrogen (secondary N) is 1. The van der Waals surface area contributed by atoms with Crippen LogP contribution < -0.4 is 20.3 Å². The molecule has 1 heterocycles. The molecule has 0 aliphatic heterocycles. The molecule has 0 bridgehead atoms. The summed E-state index contributed by atoms with van der Waals surface area (Å²) in [6, 6.07) is 12.0. The molecule has 3 aromatic rings. The van der Waals surface area contributed by atoms with E-state index in [2.05, 4.69) is 10.3 Å². The first-order valence-electron chi connectivity index (χ1n) is 8.00. The molecule has 7 heteroatoms. The largest absolute Gasteiger partial charge is 0.493 e. The molecule has 0 unspecified atom stereocenters. The highest BCUT2D eigenvalue weighted by Crippen LogP contribution is 2.27. The van der Waals surface area contributed by atoms with Crippen LogP contribution in [-0.2, 0) is 13.6 Å². The molecular weight excluding hydrogens is 334 g/mol. The van der Waals surface area contributed by atoms with Crippen molar-refractivity contribution in [3.8, 4) is 11.5 Å². The number of hydrogen-bond donors (Lipinski definition) is 1. The highest BCUT2D eigenvalue weighted by Gasteiger charge is 2.13. The van der Waals surface area contributed by atoms with Crippen LogP contribution in [-0.4, -0.2) is 29.7 Å². The summed E-state index contributed by atoms with van der Waals surface area (Å²) in [6.07, 6.45) is 0. The predicted molar refractivity (Wildman–Crippen MR) is 97.7 cm³/mol. The monoisotopic (exact) mass is 353 g/mol. The first kappa shape index (κ1) is 17.5. The molecule has 0 saturated carbocycles. The average Bonchev–Trinajstić information content (AvgIpc) is 2.68. The van der Waals surface area contributed by atoms with Gasteiger partial charge in [-0.05, 0) is 30.3 Å². The van der Waals surface area contributed by atoms with Gasteiger partial charge >= 0.3 is 0 Å². The molecule has 0 spiro atoms. The van der Waals surface area contributed by atoms with E-state index < -0.39 is 0 Å². The molecule has 7 nitrogen and oxygen atoms in total. The Bertz CT molecular complexity index is 1030. The lowest BCUT2D eigenvalue weighted by molar-refractivity contribution is 0.0949. The van der Waals surface area contributed by atoms with E-state index in [9.17, 15) is 9.59 Å². The molecule has 0 fully saturated rings. The zero-order chi connectivity index (χ0) is 18.7. The van der Waals surface area contributed by atoms with E-state index in [0.29, 0.717) is 33.8 Å². The quantitative estimate of drug-likeness (QED) is 0.757. The van der Waals surface area contributed by atoms with Crippen LogP contribution >= 0.6 is 0 Å². The number of ether oxygens (including phenoxy) is 2. The van der Waals surface area contributed by atoms with E-state index in [1.807, 2.05) is 6.07 Å². The van der Waals surface area contributed by atoms with Crippen molar-refractivity contribution < 1.29 is 14.3 Å². The average molecular weight is 353 g/mol. The van der Waals surface area contributed by atoms with Gasteiger partial charge in [0.2, 0.25) is 0 Å². The zero-order valence-electron chi connectivity index (χ0n) is 14.8. The van der Waals surface area contributed by atoms with E-state index in [1.165, 1.54) is 18.8 Å². The number of rotatable bonds is 5. The highest BCUT2D eigenvalue weighted by atomic mass is 16.5. The Kier molecular flexibility index (Phi) is 4.88. The second-order valence-electron chi connectivity index (χ2n) is 5.66. The third-order valence-electron chi connectivity index (χ3n) is 4.13. The van der Waals surface area contributed by atoms with E-state index >= 15 is 0 Å². The minimum atomic E-state index is -0.298. The lowest BCUT2D eigenvalue weighted by Gasteiger charge is -2.12. The van der Waals surface area contributed by atoms with E-state index in [1.54, 1.807) is 43.4 Å². The van der Waals surface area contributed by atoms with E-state index in [-0.39, 0.29) is 18.0 Å². The summed E-state index contributed by atoms with van der Waals surface area (Å²) in [6.45, 7) is 0.129. The van der Waals surface area contributed by atoms with Crippen molar-refractivity contribution >= 4 is 16.8 Å². The number of aromatic nitrogens is 2. The number of nitrogens with zero attached hydrogens (tertiary/aromatic N) is 2. The van der Waals surface area contributed by atoms with Gasteiger partial charge in [-0.1, -0.05) is 12.1 Å². The Morgan fingerprint density at radius 1 is 1.12 bits per heavy atom. The number of methoxy groups -OCH3 is 2. The molecular formula is C19H19N3O4. The standard InChI is InChI=1S/C19H19N3O4/c1-22-17(21-14-7-5-4-6-13(14)19(22)24)11-20-18(23)12-8-9-15(25-2)16(10-12)26-3/h4-10H,11H2,1-3H3,(H,20,23). The molecule has 2 aromatic carbocycles. The Balaban J connectivity index is 1.83. The van der Waals surface area contributed by atoms with Crippen LogP contribution in [0.4, 0.5) is 0 Å². The molecule has 1 N–H and O–H groups in total. The van der Waals surface area contributed by atoms with Crippen LogP contribution in [0.2, 0.25) is 0 Å². The van der Waals surface area contributed by atoms with E-state index in [0.717, 1.165) is 0 Å². The maximum absolute atomic E-state index is 12.4. The van der Waals surface area contributed by atoms with Crippen LogP contribution in [0.15, 0.2) is 47.3 Å². The molecule has 0 aliphatic carbocycles. The maximum Gasteiger partial charge on any atom is 0.261 e. The van der Waals surface area contributed by atoms with E-state index in [4.69, 9.17) is 9.47 Å². The van der Waals surface area contributed by atoms with Gasteiger partial charge in [0.15, 0.2) is 11.5 Å². The summed E-state index contributed by atoms with van der Waals surface area (Å²) in [5.41, 5.74) is 0.880. The Morgan fingerprint density at radius 3 is 2.58 bits per heavy atom. The number of carbonyl (C=O) groups excluding carboxylic acids is 1. The third kappa shape index (κ3) is 3.23. The van der Waals surface area contributed by atoms with Crippen molar-refractivity contribution in [1.29, 1.82) is 0 Å². The van der Waals surface area contributed by atoms with Crippen molar-refractivity contribution in [2.24, 2.45) is 7.05 Å². The summed E-state index contributed by atoms with van der Waals surface area (Å²) in [5.74, 6) is 1.19. The zero-order valence-corrected chi connectivity index (χ0v) is 14.8. The number of carbonyl (C=O) groups is 1. The topological polar surface area (TPSA) is 82.5 Å². The molecule has 0 atom stereocenters. The highest BCUT2D eigenvalue weighted by molar-refractivity contribution is 5.94. The fraction of sp³-hybridized carbons (Fsp3) is 0.211. The summed E-state index contributed by atoms with van der Waals surface area (Å²) in [7, 11) is 4.68. The van der Waals surface area contributed by atoms with Crippen molar-refractivity contribution in [2.75, 3.05) is 14.2 Å². The van der Waals surface area contributed by atoms with Gasteiger partial charge in [-0.3, -0.25) is 14.2 Å². The van der Waals surface area contributed by atoms with Gasteiger partial charge in [0.25, 0.3) is 11.5 Å². The molecule has 3 rings (SSSR count). The number of fused-ring (bicyclic) bond motifs is 1. The third-order valence-corrected chi connectivity index (χ3v) is 4.13. The number of para-hydroxylation sites is 1. The molecule has 1 aromatic heterocycles. The number of amides is 1. The normalized spacial score (nSPS) is 10.6. The maximum atomic E-state index is 12.4. The molecule has 0 aliphatic rings. The van der Waals surface area contributed by atoms with Crippen molar-refractivity contribution in [3.05, 3.63) is 64.2 Å². The summed E-state index contributed by atoms with van der Waals surface area (Å²) in [5, 5.41) is 3.33. The van der Waals surface area contributed by atoms with Crippen molar-refractivity contribution in [3.63, 3.8) is 0 Å². The van der Waals surface area contributed by atoms with Crippen LogP contribution in [0.5, 0.6) is 11.5 Å². The summed E-state index contributed by atoms with van der Waals surface area (Å²) < 4.78 is 11.8. The number of hydrogen-bond acceptors (Lipinski definition) is 5. The van der Waals surface area contributed by atoms with Crippen LogP contribution in [0.25, 0.3) is 10.9 Å². The van der Waals surface area contributed by atoms with Crippen molar-refractivity contribution in [1.82, 2.24) is 14.9 Å². The first-order chi connectivity index (χ1) is 12.5. The van der Waals surface area contributed by atoms with Gasteiger partial charge in [-0.2, -0.15) is 0 Å². The Labute approximate surface area is 150 Å². The predicted octanol–water partition coefficient (Wildman–Crippen LogP) is 1.88. The molecule has 134 valence electrons. The lowest BCUT2D eigenvalue weighted by atomic mass is 10.2. The molecule has 26 heavy (non-hydrogen) atoms. The molecule has 0 saturated heterocycles. The Hall–Kier alpha value is -3.35. The second kappa shape index (κ2) is 7.26. The van der Waals surface area contributed by atoms with Gasteiger partial charge in [0, 0.05) is 12.6 Å². The number of benzene rings is 2. The van der Waals surface area contributed by atoms with Crippen LogP contribution in [0.3, 0.4) is 0 Å². The van der Waals surface area contributed by atoms with Crippen LogP contribution in [0, 0.1) is 0 Å². The summed E-state index contributed by atoms with van der Waals surface area (Å²) in [4.78, 5) is 29.3. The minimum Gasteiger partial charge on any atom is -0.493 e. The van der Waals surface area contributed by atoms with Gasteiger partial charge in [0.1, 0.15) is 5.82 Å². The fourth-order valence-electron chi connectivity index (χ4n) is 2.66. The molecule has 1 amide bonds. The van der Waals surface area contributed by atoms with Crippen LogP contribution in [0.1, 0.15) is 16.2 Å². The smallest absolute Gasteiger partial charge is 0.261 e.